The highest BCUT2D eigenvalue weighted by molar-refractivity contribution is 5.24. The Bertz CT molecular complexity index is 697. The zero-order valence-corrected chi connectivity index (χ0v) is 21.9. The minimum Gasteiger partial charge on any atom is -1.00 e. The molecule has 0 aliphatic heterocycles. The van der Waals surface area contributed by atoms with Gasteiger partial charge in [-0.3, -0.25) is 0 Å². The molecule has 2 heteroatoms. The van der Waals surface area contributed by atoms with Crippen LogP contribution >= 0.6 is 0 Å². The lowest BCUT2D eigenvalue weighted by atomic mass is 9.86. The third-order valence-electron chi connectivity index (χ3n) is 6.95. The molecule has 0 radical (unpaired) electrons. The van der Waals surface area contributed by atoms with E-state index in [0.29, 0.717) is 5.92 Å². The zero-order valence-electron chi connectivity index (χ0n) is 21.1. The molecule has 0 aliphatic rings. The molecule has 32 heavy (non-hydrogen) atoms. The molecule has 0 N–H and O–H groups in total. The van der Waals surface area contributed by atoms with Crippen molar-refractivity contribution in [3.05, 3.63) is 65.5 Å². The highest BCUT2D eigenvalue weighted by Crippen LogP contribution is 2.28. The minimum absolute atomic E-state index is 0. The molecule has 1 aromatic carbocycles. The van der Waals surface area contributed by atoms with E-state index in [2.05, 4.69) is 74.1 Å². The van der Waals surface area contributed by atoms with Crippen molar-refractivity contribution in [1.29, 1.82) is 0 Å². The smallest absolute Gasteiger partial charge is 0.181 e. The predicted molar refractivity (Wildman–Crippen MR) is 136 cm³/mol. The van der Waals surface area contributed by atoms with Crippen molar-refractivity contribution in [2.45, 2.75) is 116 Å². The number of rotatable bonds is 17. The summed E-state index contributed by atoms with van der Waals surface area (Å²) in [6.45, 7) is 4.57. The summed E-state index contributed by atoms with van der Waals surface area (Å²) in [6, 6.07) is 15.6. The monoisotopic (exact) mass is 457 g/mol. The first-order valence-electron chi connectivity index (χ1n) is 13.2. The third kappa shape index (κ3) is 11.5. The largest absolute Gasteiger partial charge is 1.00 e. The second-order valence-electron chi connectivity index (χ2n) is 9.58. The number of benzene rings is 1. The van der Waals surface area contributed by atoms with Crippen molar-refractivity contribution in [2.75, 3.05) is 0 Å². The quantitative estimate of drug-likeness (QED) is 0.214. The van der Waals surface area contributed by atoms with Crippen LogP contribution in [0, 0.1) is 6.92 Å². The van der Waals surface area contributed by atoms with E-state index in [1.807, 2.05) is 0 Å². The number of hydrogen-bond donors (Lipinski definition) is 0. The Kier molecular flexibility index (Phi) is 16.3. The zero-order chi connectivity index (χ0) is 22.2. The molecule has 0 spiro atoms. The summed E-state index contributed by atoms with van der Waals surface area (Å²) in [7, 11) is 2.17. The van der Waals surface area contributed by atoms with Gasteiger partial charge in [0, 0.05) is 18.6 Å². The SMILES string of the molecule is CCCCCCCCCCCCCCCC(Cc1ccccc1)c1ccc[n+](C)c1C.[Cl-]. The first kappa shape index (κ1) is 28.7. The molecule has 0 amide bonds. The molecule has 1 unspecified atom stereocenters. The Morgan fingerprint density at radius 3 is 1.78 bits per heavy atom. The second kappa shape index (κ2) is 18.1. The van der Waals surface area contributed by atoms with Crippen LogP contribution in [-0.4, -0.2) is 0 Å². The Morgan fingerprint density at radius 1 is 0.688 bits per heavy atom. The van der Waals surface area contributed by atoms with E-state index >= 15 is 0 Å². The Balaban J connectivity index is 0.00000512. The number of pyridine rings is 1. The van der Waals surface area contributed by atoms with E-state index in [9.17, 15) is 0 Å². The standard InChI is InChI=1S/C30H48N.ClH/c1-4-5-6-7-8-9-10-11-12-13-14-15-19-23-29(26-28-21-17-16-18-22-28)30-24-20-25-31(3)27(30)2;/h16-18,20-22,24-25,29H,4-15,19,23,26H2,1-3H3;1H/q+1;/p-1. The fourth-order valence-electron chi connectivity index (χ4n) is 4.82. The molecule has 0 fully saturated rings. The summed E-state index contributed by atoms with van der Waals surface area (Å²) in [4.78, 5) is 0. The summed E-state index contributed by atoms with van der Waals surface area (Å²) < 4.78 is 2.27. The first-order valence-corrected chi connectivity index (χ1v) is 13.2. The van der Waals surface area contributed by atoms with Gasteiger partial charge in [-0.1, -0.05) is 121 Å². The van der Waals surface area contributed by atoms with Gasteiger partial charge in [-0.2, -0.15) is 0 Å². The van der Waals surface area contributed by atoms with E-state index in [0.717, 1.165) is 6.42 Å². The fraction of sp³-hybridized carbons (Fsp3) is 0.633. The number of aryl methyl sites for hydroxylation is 1. The van der Waals surface area contributed by atoms with Gasteiger partial charge < -0.3 is 12.4 Å². The predicted octanol–water partition coefficient (Wildman–Crippen LogP) is 5.63. The van der Waals surface area contributed by atoms with Crippen molar-refractivity contribution in [1.82, 2.24) is 0 Å². The van der Waals surface area contributed by atoms with Crippen LogP contribution in [0.2, 0.25) is 0 Å². The third-order valence-corrected chi connectivity index (χ3v) is 6.95. The van der Waals surface area contributed by atoms with E-state index in [4.69, 9.17) is 0 Å². The molecular weight excluding hydrogens is 410 g/mol. The van der Waals surface area contributed by atoms with E-state index in [1.165, 1.54) is 107 Å². The van der Waals surface area contributed by atoms with Crippen LogP contribution in [0.15, 0.2) is 48.7 Å². The number of unbranched alkanes of at least 4 members (excludes halogenated alkanes) is 12. The van der Waals surface area contributed by atoms with Crippen LogP contribution in [0.25, 0.3) is 0 Å². The number of hydrogen-bond acceptors (Lipinski definition) is 0. The molecule has 0 saturated heterocycles. The summed E-state index contributed by atoms with van der Waals surface area (Å²) in [5.41, 5.74) is 4.42. The lowest BCUT2D eigenvalue weighted by Crippen LogP contribution is -3.00. The average Bonchev–Trinajstić information content (AvgIpc) is 2.79. The van der Waals surface area contributed by atoms with Crippen molar-refractivity contribution in [3.8, 4) is 0 Å². The van der Waals surface area contributed by atoms with Crippen LogP contribution in [0.4, 0.5) is 0 Å². The maximum absolute atomic E-state index is 2.35. The van der Waals surface area contributed by atoms with Crippen molar-refractivity contribution in [3.63, 3.8) is 0 Å². The average molecular weight is 458 g/mol. The van der Waals surface area contributed by atoms with Crippen molar-refractivity contribution >= 4 is 0 Å². The molecule has 2 rings (SSSR count). The highest BCUT2D eigenvalue weighted by Gasteiger charge is 2.19. The number of nitrogens with zero attached hydrogens (tertiary/aromatic N) is 1. The van der Waals surface area contributed by atoms with Crippen LogP contribution in [0.5, 0.6) is 0 Å². The van der Waals surface area contributed by atoms with Crippen LogP contribution in [-0.2, 0) is 13.5 Å². The molecule has 1 heterocycles. The normalized spacial score (nSPS) is 11.8. The molecule has 0 aliphatic carbocycles. The van der Waals surface area contributed by atoms with Gasteiger partial charge in [0.2, 0.25) is 0 Å². The maximum atomic E-state index is 2.35. The molecule has 2 aromatic rings. The first-order chi connectivity index (χ1) is 15.2. The molecule has 1 atom stereocenters. The van der Waals surface area contributed by atoms with Gasteiger partial charge in [0.25, 0.3) is 0 Å². The van der Waals surface area contributed by atoms with Crippen molar-refractivity contribution < 1.29 is 17.0 Å². The Morgan fingerprint density at radius 2 is 1.22 bits per heavy atom. The molecule has 180 valence electrons. The Labute approximate surface area is 205 Å². The molecular formula is C30H48ClN. The van der Waals surface area contributed by atoms with Crippen LogP contribution < -0.4 is 17.0 Å². The van der Waals surface area contributed by atoms with Gasteiger partial charge in [-0.05, 0) is 30.4 Å². The molecule has 0 bridgehead atoms. The van der Waals surface area contributed by atoms with Gasteiger partial charge in [-0.15, -0.1) is 0 Å². The van der Waals surface area contributed by atoms with Crippen molar-refractivity contribution in [2.24, 2.45) is 7.05 Å². The minimum atomic E-state index is 0. The molecule has 1 nitrogen and oxygen atoms in total. The summed E-state index contributed by atoms with van der Waals surface area (Å²) in [5, 5.41) is 0. The fourth-order valence-corrected chi connectivity index (χ4v) is 4.82. The van der Waals surface area contributed by atoms with Gasteiger partial charge >= 0.3 is 0 Å². The Hall–Kier alpha value is -1.34. The highest BCUT2D eigenvalue weighted by atomic mass is 35.5. The lowest BCUT2D eigenvalue weighted by Gasteiger charge is -2.18. The van der Waals surface area contributed by atoms with Crippen LogP contribution in [0.1, 0.15) is 120 Å². The van der Waals surface area contributed by atoms with Gasteiger partial charge in [-0.25, -0.2) is 4.57 Å². The molecule has 0 saturated carbocycles. The number of halogens is 1. The molecule has 1 aromatic heterocycles. The van der Waals surface area contributed by atoms with E-state index in [1.54, 1.807) is 0 Å². The van der Waals surface area contributed by atoms with Gasteiger partial charge in [0.15, 0.2) is 11.9 Å². The van der Waals surface area contributed by atoms with E-state index < -0.39 is 0 Å². The van der Waals surface area contributed by atoms with Gasteiger partial charge in [0.05, 0.1) is 0 Å². The number of aromatic nitrogens is 1. The summed E-state index contributed by atoms with van der Waals surface area (Å²) in [5.74, 6) is 0.627. The summed E-state index contributed by atoms with van der Waals surface area (Å²) in [6.07, 6.45) is 23.2. The van der Waals surface area contributed by atoms with Gasteiger partial charge in [0.1, 0.15) is 7.05 Å². The lowest BCUT2D eigenvalue weighted by molar-refractivity contribution is -0.678. The second-order valence-corrected chi connectivity index (χ2v) is 9.58. The van der Waals surface area contributed by atoms with Crippen LogP contribution in [0.3, 0.4) is 0 Å². The maximum Gasteiger partial charge on any atom is 0.181 e. The van der Waals surface area contributed by atoms with E-state index in [-0.39, 0.29) is 12.4 Å². The topological polar surface area (TPSA) is 3.88 Å². The summed E-state index contributed by atoms with van der Waals surface area (Å²) >= 11 is 0.